The normalized spacial score (nSPS) is 11.7. The summed E-state index contributed by atoms with van der Waals surface area (Å²) in [5.74, 6) is -1.28. The van der Waals surface area contributed by atoms with Gasteiger partial charge in [-0.3, -0.25) is 0 Å². The third-order valence-corrected chi connectivity index (χ3v) is 4.84. The van der Waals surface area contributed by atoms with Crippen LogP contribution in [0.5, 0.6) is 0 Å². The Balaban J connectivity index is 2.60. The van der Waals surface area contributed by atoms with Crippen LogP contribution in [-0.2, 0) is 9.47 Å². The first kappa shape index (κ1) is 23.7. The summed E-state index contributed by atoms with van der Waals surface area (Å²) < 4.78 is 10.7. The molecular formula is C21H24ClNO6S. The van der Waals surface area contributed by atoms with E-state index in [0.29, 0.717) is 20.4 Å². The van der Waals surface area contributed by atoms with Crippen molar-refractivity contribution in [2.75, 3.05) is 4.90 Å². The lowest BCUT2D eigenvalue weighted by Gasteiger charge is -2.28. The van der Waals surface area contributed by atoms with E-state index in [-0.39, 0.29) is 10.6 Å². The summed E-state index contributed by atoms with van der Waals surface area (Å²) in [5, 5.41) is 10.2. The van der Waals surface area contributed by atoms with Crippen molar-refractivity contribution in [2.45, 2.75) is 52.7 Å². The van der Waals surface area contributed by atoms with Gasteiger partial charge in [0.15, 0.2) is 0 Å². The number of carbonyl (C=O) groups is 3. The molecule has 1 N–H and O–H groups in total. The fourth-order valence-electron chi connectivity index (χ4n) is 2.34. The highest BCUT2D eigenvalue weighted by Crippen LogP contribution is 2.38. The van der Waals surface area contributed by atoms with E-state index in [9.17, 15) is 19.5 Å². The van der Waals surface area contributed by atoms with Gasteiger partial charge in [0.2, 0.25) is 0 Å². The molecule has 1 heterocycles. The first-order valence-corrected chi connectivity index (χ1v) is 10.3. The van der Waals surface area contributed by atoms with Crippen LogP contribution in [0.4, 0.5) is 15.3 Å². The highest BCUT2D eigenvalue weighted by molar-refractivity contribution is 7.18. The summed E-state index contributed by atoms with van der Waals surface area (Å²) in [5.41, 5.74) is -1.25. The van der Waals surface area contributed by atoms with Gasteiger partial charge in [-0.25, -0.2) is 14.4 Å². The molecule has 30 heavy (non-hydrogen) atoms. The molecule has 0 fully saturated rings. The first-order valence-electron chi connectivity index (χ1n) is 9.07. The molecule has 9 heteroatoms. The van der Waals surface area contributed by atoms with E-state index in [1.54, 1.807) is 65.8 Å². The Bertz CT molecular complexity index is 925. The predicted molar refractivity (Wildman–Crippen MR) is 117 cm³/mol. The van der Waals surface area contributed by atoms with Gasteiger partial charge in [-0.05, 0) is 65.3 Å². The molecule has 0 aliphatic rings. The number of anilines is 1. The number of halogens is 1. The molecule has 7 nitrogen and oxygen atoms in total. The number of hydrogen-bond acceptors (Lipinski definition) is 6. The molecule has 2 aromatic rings. The number of thiophene rings is 1. The van der Waals surface area contributed by atoms with E-state index >= 15 is 0 Å². The molecule has 0 aliphatic heterocycles. The minimum Gasteiger partial charge on any atom is -0.477 e. The van der Waals surface area contributed by atoms with Crippen LogP contribution in [0.3, 0.4) is 0 Å². The van der Waals surface area contributed by atoms with Crippen LogP contribution in [0.2, 0.25) is 5.02 Å². The summed E-state index contributed by atoms with van der Waals surface area (Å²) in [6.07, 6.45) is -2.06. The van der Waals surface area contributed by atoms with Crippen LogP contribution in [0.25, 0.3) is 10.4 Å². The lowest BCUT2D eigenvalue weighted by atomic mass is 10.2. The number of carboxylic acid groups (broad SMARTS) is 1. The van der Waals surface area contributed by atoms with Gasteiger partial charge in [0.1, 0.15) is 16.1 Å². The number of rotatable bonds is 3. The molecule has 0 aliphatic carbocycles. The molecule has 1 aromatic heterocycles. The molecule has 0 spiro atoms. The van der Waals surface area contributed by atoms with Crippen LogP contribution < -0.4 is 4.90 Å². The van der Waals surface area contributed by atoms with E-state index in [2.05, 4.69) is 0 Å². The second-order valence-corrected chi connectivity index (χ2v) is 9.92. The quantitative estimate of drug-likeness (QED) is 0.574. The standard InChI is InChI=1S/C21H24ClNO6S/c1-20(2,3)28-18(26)23(19(27)29-21(4,5)6)14-11-15(30-16(14)17(24)25)12-7-9-13(22)10-8-12/h7-11H,1-6H3,(H,24,25). The molecule has 2 amide bonds. The number of carbonyl (C=O) groups excluding carboxylic acids is 2. The largest absolute Gasteiger partial charge is 0.477 e. The van der Waals surface area contributed by atoms with E-state index in [1.165, 1.54) is 6.07 Å². The molecule has 0 saturated carbocycles. The van der Waals surface area contributed by atoms with Crippen molar-refractivity contribution in [3.63, 3.8) is 0 Å². The van der Waals surface area contributed by atoms with Crippen molar-refractivity contribution in [1.29, 1.82) is 0 Å². The zero-order valence-electron chi connectivity index (χ0n) is 17.6. The number of imide groups is 1. The Labute approximate surface area is 184 Å². The molecule has 2 rings (SSSR count). The smallest absolute Gasteiger partial charge is 0.424 e. The first-order chi connectivity index (χ1) is 13.7. The van der Waals surface area contributed by atoms with Crippen LogP contribution in [0.15, 0.2) is 30.3 Å². The summed E-state index contributed by atoms with van der Waals surface area (Å²) in [4.78, 5) is 38.6. The Morgan fingerprint density at radius 3 is 1.80 bits per heavy atom. The van der Waals surface area contributed by atoms with E-state index in [1.807, 2.05) is 0 Å². The van der Waals surface area contributed by atoms with Crippen LogP contribution in [0, 0.1) is 0 Å². The van der Waals surface area contributed by atoms with Gasteiger partial charge in [-0.2, -0.15) is 4.90 Å². The van der Waals surface area contributed by atoms with Crippen molar-refractivity contribution in [3.8, 4) is 10.4 Å². The summed E-state index contributed by atoms with van der Waals surface area (Å²) in [6.45, 7) is 9.85. The van der Waals surface area contributed by atoms with Crippen molar-refractivity contribution < 1.29 is 29.0 Å². The maximum absolute atomic E-state index is 12.8. The highest BCUT2D eigenvalue weighted by atomic mass is 35.5. The number of nitrogens with zero attached hydrogens (tertiary/aromatic N) is 1. The molecule has 0 atom stereocenters. The van der Waals surface area contributed by atoms with Crippen molar-refractivity contribution in [1.82, 2.24) is 0 Å². The number of amides is 2. The molecular weight excluding hydrogens is 430 g/mol. The van der Waals surface area contributed by atoms with Crippen LogP contribution >= 0.6 is 22.9 Å². The van der Waals surface area contributed by atoms with Crippen molar-refractivity contribution in [2.24, 2.45) is 0 Å². The minimum absolute atomic E-state index is 0.124. The Morgan fingerprint density at radius 1 is 0.933 bits per heavy atom. The van der Waals surface area contributed by atoms with Crippen molar-refractivity contribution >= 4 is 46.8 Å². The molecule has 1 aromatic carbocycles. The summed E-state index contributed by atoms with van der Waals surface area (Å²) >= 11 is 6.85. The second-order valence-electron chi connectivity index (χ2n) is 8.43. The maximum atomic E-state index is 12.8. The fraction of sp³-hybridized carbons (Fsp3) is 0.381. The van der Waals surface area contributed by atoms with Crippen LogP contribution in [0.1, 0.15) is 51.2 Å². The van der Waals surface area contributed by atoms with Gasteiger partial charge < -0.3 is 14.6 Å². The number of aromatic carboxylic acids is 1. The molecule has 0 bridgehead atoms. The van der Waals surface area contributed by atoms with Gasteiger partial charge in [-0.1, -0.05) is 23.7 Å². The predicted octanol–water partition coefficient (Wildman–Crippen LogP) is 6.44. The molecule has 162 valence electrons. The number of hydrogen-bond donors (Lipinski definition) is 1. The molecule has 0 radical (unpaired) electrons. The van der Waals surface area contributed by atoms with Gasteiger partial charge >= 0.3 is 18.2 Å². The Kier molecular flexibility index (Phi) is 6.83. The zero-order valence-corrected chi connectivity index (χ0v) is 19.2. The second kappa shape index (κ2) is 8.65. The highest BCUT2D eigenvalue weighted by Gasteiger charge is 2.36. The monoisotopic (exact) mass is 453 g/mol. The van der Waals surface area contributed by atoms with Gasteiger partial charge in [0.05, 0.1) is 5.69 Å². The summed E-state index contributed by atoms with van der Waals surface area (Å²) in [7, 11) is 0. The number of benzene rings is 1. The van der Waals surface area contributed by atoms with Crippen LogP contribution in [-0.4, -0.2) is 34.5 Å². The number of ether oxygens (including phenoxy) is 2. The van der Waals surface area contributed by atoms with Gasteiger partial charge in [-0.15, -0.1) is 11.3 Å². The Morgan fingerprint density at radius 2 is 1.40 bits per heavy atom. The maximum Gasteiger partial charge on any atom is 0.424 e. The lowest BCUT2D eigenvalue weighted by Crippen LogP contribution is -2.44. The molecule has 0 unspecified atom stereocenters. The minimum atomic E-state index is -1.28. The van der Waals surface area contributed by atoms with Gasteiger partial charge in [0, 0.05) is 9.90 Å². The van der Waals surface area contributed by atoms with Crippen molar-refractivity contribution in [3.05, 3.63) is 40.2 Å². The Hall–Kier alpha value is -2.58. The third kappa shape index (κ3) is 6.21. The molecule has 0 saturated heterocycles. The SMILES string of the molecule is CC(C)(C)OC(=O)N(C(=O)OC(C)(C)C)c1cc(-c2ccc(Cl)cc2)sc1C(=O)O. The topological polar surface area (TPSA) is 93.1 Å². The van der Waals surface area contributed by atoms with E-state index in [0.717, 1.165) is 11.3 Å². The average molecular weight is 454 g/mol. The van der Waals surface area contributed by atoms with Gasteiger partial charge in [0.25, 0.3) is 0 Å². The van der Waals surface area contributed by atoms with E-state index < -0.39 is 29.4 Å². The van der Waals surface area contributed by atoms with E-state index in [4.69, 9.17) is 21.1 Å². The average Bonchev–Trinajstić information content (AvgIpc) is 2.97. The summed E-state index contributed by atoms with van der Waals surface area (Å²) in [6, 6.07) is 8.21. The zero-order chi connectivity index (χ0) is 22.9. The fourth-order valence-corrected chi connectivity index (χ4v) is 3.46. The third-order valence-electron chi connectivity index (χ3n) is 3.43. The number of carboxylic acids is 1. The lowest BCUT2D eigenvalue weighted by molar-refractivity contribution is 0.0431.